The van der Waals surface area contributed by atoms with E-state index in [9.17, 15) is 4.79 Å². The number of hydrogen-bond acceptors (Lipinski definition) is 4. The molecule has 2 aromatic rings. The molecule has 0 bridgehead atoms. The molecule has 1 fully saturated rings. The number of nitrogens with one attached hydrogen (secondary N) is 2. The summed E-state index contributed by atoms with van der Waals surface area (Å²) in [5, 5.41) is 6.21. The number of aromatic nitrogens is 3. The van der Waals surface area contributed by atoms with Crippen LogP contribution in [0.5, 0.6) is 0 Å². The molecule has 8 nitrogen and oxygen atoms in total. The van der Waals surface area contributed by atoms with Gasteiger partial charge in [0, 0.05) is 44.1 Å². The second-order valence-corrected chi connectivity index (χ2v) is 7.49. The number of aryl methyl sites for hydroxylation is 1. The molecule has 0 aliphatic carbocycles. The monoisotopic (exact) mass is 397 g/mol. The van der Waals surface area contributed by atoms with Gasteiger partial charge in [0.25, 0.3) is 0 Å². The van der Waals surface area contributed by atoms with Crippen LogP contribution in [0.15, 0.2) is 41.9 Å². The zero-order valence-corrected chi connectivity index (χ0v) is 17.5. The van der Waals surface area contributed by atoms with Crippen molar-refractivity contribution in [3.8, 4) is 0 Å². The Labute approximate surface area is 172 Å². The van der Waals surface area contributed by atoms with Crippen molar-refractivity contribution in [2.75, 3.05) is 31.5 Å². The third kappa shape index (κ3) is 5.79. The first-order chi connectivity index (χ1) is 14.1. The molecule has 8 heteroatoms. The molecule has 1 aliphatic rings. The molecule has 29 heavy (non-hydrogen) atoms. The Morgan fingerprint density at radius 1 is 1.38 bits per heavy atom. The number of aliphatic imine (C=N–C) groups is 1. The third-order valence-electron chi connectivity index (χ3n) is 5.22. The summed E-state index contributed by atoms with van der Waals surface area (Å²) in [4.78, 5) is 27.7. The third-order valence-corrected chi connectivity index (χ3v) is 5.22. The Kier molecular flexibility index (Phi) is 7.21. The number of likely N-dealkylation sites (tertiary alicyclic amines) is 1. The average Bonchev–Trinajstić information content (AvgIpc) is 3.22. The molecule has 156 valence electrons. The van der Waals surface area contributed by atoms with E-state index in [4.69, 9.17) is 4.99 Å². The summed E-state index contributed by atoms with van der Waals surface area (Å²) < 4.78 is 2.18. The number of pyridine rings is 1. The van der Waals surface area contributed by atoms with Crippen LogP contribution >= 0.6 is 0 Å². The first-order valence-electron chi connectivity index (χ1n) is 10.3. The molecule has 1 aliphatic heterocycles. The van der Waals surface area contributed by atoms with Crippen LogP contribution in [0.3, 0.4) is 0 Å². The van der Waals surface area contributed by atoms with Crippen molar-refractivity contribution in [2.24, 2.45) is 10.9 Å². The minimum atomic E-state index is -0.0775. The van der Waals surface area contributed by atoms with Crippen molar-refractivity contribution >= 4 is 17.7 Å². The maximum Gasteiger partial charge on any atom is 0.227 e. The lowest BCUT2D eigenvalue weighted by atomic mass is 9.93. The predicted molar refractivity (Wildman–Crippen MR) is 115 cm³/mol. The highest BCUT2D eigenvalue weighted by Crippen LogP contribution is 2.27. The van der Waals surface area contributed by atoms with E-state index in [-0.39, 0.29) is 5.91 Å². The summed E-state index contributed by atoms with van der Waals surface area (Å²) in [6.07, 6.45) is 7.15. The number of imidazole rings is 1. The highest BCUT2D eigenvalue weighted by Gasteiger charge is 2.28. The van der Waals surface area contributed by atoms with E-state index in [1.807, 2.05) is 37.8 Å². The smallest absolute Gasteiger partial charge is 0.227 e. The van der Waals surface area contributed by atoms with Gasteiger partial charge < -0.3 is 20.1 Å². The van der Waals surface area contributed by atoms with E-state index in [0.717, 1.165) is 37.7 Å². The molecular weight excluding hydrogens is 366 g/mol. The topological polar surface area (TPSA) is 87.4 Å². The minimum absolute atomic E-state index is 0.0775. The van der Waals surface area contributed by atoms with Gasteiger partial charge in [-0.2, -0.15) is 0 Å². The van der Waals surface area contributed by atoms with E-state index in [1.165, 1.54) is 0 Å². The van der Waals surface area contributed by atoms with Crippen LogP contribution in [0.4, 0.5) is 5.82 Å². The summed E-state index contributed by atoms with van der Waals surface area (Å²) in [6, 6.07) is 5.95. The van der Waals surface area contributed by atoms with Crippen molar-refractivity contribution in [3.05, 3.63) is 42.6 Å². The zero-order chi connectivity index (χ0) is 20.6. The number of guanidine groups is 1. The molecule has 2 atom stereocenters. The number of amides is 1. The summed E-state index contributed by atoms with van der Waals surface area (Å²) in [6.45, 7) is 9.31. The lowest BCUT2D eigenvalue weighted by molar-refractivity contribution is -0.116. The summed E-state index contributed by atoms with van der Waals surface area (Å²) in [5.41, 5.74) is 0.877. The highest BCUT2D eigenvalue weighted by atomic mass is 16.1. The number of hydrogen-bond donors (Lipinski definition) is 2. The molecular formula is C21H31N7O. The largest absolute Gasteiger partial charge is 0.357 e. The quantitative estimate of drug-likeness (QED) is 0.578. The molecule has 2 N–H and O–H groups in total. The molecule has 1 amide bonds. The van der Waals surface area contributed by atoms with Crippen molar-refractivity contribution in [1.29, 1.82) is 0 Å². The van der Waals surface area contributed by atoms with Gasteiger partial charge in [0.2, 0.25) is 5.91 Å². The Morgan fingerprint density at radius 2 is 2.24 bits per heavy atom. The van der Waals surface area contributed by atoms with Gasteiger partial charge in [-0.3, -0.25) is 9.79 Å². The second-order valence-electron chi connectivity index (χ2n) is 7.49. The van der Waals surface area contributed by atoms with E-state index < -0.39 is 0 Å². The van der Waals surface area contributed by atoms with Crippen LogP contribution in [0, 0.1) is 12.8 Å². The molecule has 0 saturated carbocycles. The summed E-state index contributed by atoms with van der Waals surface area (Å²) >= 11 is 0. The second kappa shape index (κ2) is 10.0. The van der Waals surface area contributed by atoms with Gasteiger partial charge in [0.05, 0.1) is 18.9 Å². The number of nitrogens with zero attached hydrogens (tertiary/aromatic N) is 5. The van der Waals surface area contributed by atoms with E-state index in [1.54, 1.807) is 6.07 Å². The number of carbonyl (C=O) groups is 1. The molecule has 0 spiro atoms. The van der Waals surface area contributed by atoms with E-state index >= 15 is 0 Å². The Balaban J connectivity index is 1.58. The Morgan fingerprint density at radius 3 is 2.97 bits per heavy atom. The van der Waals surface area contributed by atoms with E-state index in [2.05, 4.69) is 43.9 Å². The minimum Gasteiger partial charge on any atom is -0.357 e. The van der Waals surface area contributed by atoms with Gasteiger partial charge in [0.15, 0.2) is 5.96 Å². The molecule has 3 rings (SSSR count). The van der Waals surface area contributed by atoms with Gasteiger partial charge in [-0.1, -0.05) is 13.0 Å². The van der Waals surface area contributed by atoms with Crippen LogP contribution in [0.1, 0.15) is 38.4 Å². The van der Waals surface area contributed by atoms with Gasteiger partial charge in [0.1, 0.15) is 5.82 Å². The summed E-state index contributed by atoms with van der Waals surface area (Å²) in [5.74, 6) is 1.95. The normalized spacial score (nSPS) is 19.8. The van der Waals surface area contributed by atoms with Crippen LogP contribution in [-0.2, 0) is 4.79 Å². The van der Waals surface area contributed by atoms with E-state index in [0.29, 0.717) is 30.7 Å². The van der Waals surface area contributed by atoms with Crippen LogP contribution in [0.25, 0.3) is 0 Å². The average molecular weight is 398 g/mol. The maximum absolute atomic E-state index is 12.2. The summed E-state index contributed by atoms with van der Waals surface area (Å²) in [7, 11) is 0. The number of anilines is 1. The van der Waals surface area contributed by atoms with Crippen LogP contribution in [-0.4, -0.2) is 57.5 Å². The molecule has 1 saturated heterocycles. The van der Waals surface area contributed by atoms with Gasteiger partial charge in [-0.25, -0.2) is 9.97 Å². The molecule has 3 heterocycles. The van der Waals surface area contributed by atoms with Crippen molar-refractivity contribution < 1.29 is 4.79 Å². The number of carbonyl (C=O) groups excluding carboxylic acids is 1. The van der Waals surface area contributed by atoms with Crippen molar-refractivity contribution in [2.45, 2.75) is 39.7 Å². The molecule has 2 aromatic heterocycles. The van der Waals surface area contributed by atoms with Crippen molar-refractivity contribution in [1.82, 2.24) is 24.8 Å². The zero-order valence-electron chi connectivity index (χ0n) is 17.5. The number of rotatable bonds is 6. The van der Waals surface area contributed by atoms with Crippen molar-refractivity contribution in [3.63, 3.8) is 0 Å². The first-order valence-corrected chi connectivity index (χ1v) is 10.3. The SMILES string of the molecule is CCNC(=NCCC(=O)Nc1cccc(C)n1)N1CCC(C)C(n2ccnc2)C1. The lowest BCUT2D eigenvalue weighted by Crippen LogP contribution is -2.49. The molecule has 0 radical (unpaired) electrons. The molecule has 2 unspecified atom stereocenters. The van der Waals surface area contributed by atoms with Gasteiger partial charge in [-0.05, 0) is 38.3 Å². The van der Waals surface area contributed by atoms with Crippen LogP contribution < -0.4 is 10.6 Å². The lowest BCUT2D eigenvalue weighted by Gasteiger charge is -2.39. The predicted octanol–water partition coefficient (Wildman–Crippen LogP) is 2.46. The molecule has 0 aromatic carbocycles. The Hall–Kier alpha value is -2.90. The fraction of sp³-hybridized carbons (Fsp3) is 0.524. The van der Waals surface area contributed by atoms with Crippen LogP contribution in [0.2, 0.25) is 0 Å². The number of piperidine rings is 1. The fourth-order valence-electron chi connectivity index (χ4n) is 3.60. The fourth-order valence-corrected chi connectivity index (χ4v) is 3.60. The Bertz CT molecular complexity index is 818. The van der Waals surface area contributed by atoms with Gasteiger partial charge in [-0.15, -0.1) is 0 Å². The standard InChI is InChI=1S/C21H31N7O/c1-4-23-21(24-10-8-20(29)26-19-7-5-6-17(3)25-19)27-12-9-16(2)18(14-27)28-13-11-22-15-28/h5-7,11,13,15-16,18H,4,8-10,12,14H2,1-3H3,(H,23,24)(H,25,26,29). The van der Waals surface area contributed by atoms with Gasteiger partial charge >= 0.3 is 0 Å². The first kappa shape index (κ1) is 20.8. The maximum atomic E-state index is 12.2. The highest BCUT2D eigenvalue weighted by molar-refractivity contribution is 5.90.